The van der Waals surface area contributed by atoms with Crippen LogP contribution in [-0.2, 0) is 25.2 Å². The first-order valence-corrected chi connectivity index (χ1v) is 7.86. The summed E-state index contributed by atoms with van der Waals surface area (Å²) < 4.78 is 23.9. The number of nitrogens with zero attached hydrogens (tertiary/aromatic N) is 1. The Bertz CT molecular complexity index is 682. The molecule has 0 unspecified atom stereocenters. The lowest BCUT2D eigenvalue weighted by Gasteiger charge is -2.13. The highest BCUT2D eigenvalue weighted by Crippen LogP contribution is 2.14. The molecule has 0 aliphatic rings. The number of rotatable bonds is 7. The molecule has 0 aliphatic carbocycles. The van der Waals surface area contributed by atoms with Gasteiger partial charge < -0.3 is 10.4 Å². The Kier molecular flexibility index (Phi) is 5.57. The van der Waals surface area contributed by atoms with Crippen LogP contribution >= 0.6 is 0 Å². The van der Waals surface area contributed by atoms with Crippen molar-refractivity contribution in [1.82, 2.24) is 5.32 Å². The summed E-state index contributed by atoms with van der Waals surface area (Å²) in [5, 5.41) is 21.4. The Balaban J connectivity index is 2.83. The summed E-state index contributed by atoms with van der Waals surface area (Å²) >= 11 is 0. The lowest BCUT2D eigenvalue weighted by molar-refractivity contribution is -0.384. The SMILES string of the molecule is CC(=O)N[C@H](CS(=O)(=O)Cc1ccc([N+](=O)[O-])cc1)C(=O)O. The van der Waals surface area contributed by atoms with E-state index in [0.717, 1.165) is 19.1 Å². The van der Waals surface area contributed by atoms with Crippen LogP contribution in [0.1, 0.15) is 12.5 Å². The fraction of sp³-hybridized carbons (Fsp3) is 0.333. The average Bonchev–Trinajstić information content (AvgIpc) is 2.37. The molecule has 0 saturated carbocycles. The van der Waals surface area contributed by atoms with Crippen LogP contribution in [0.2, 0.25) is 0 Å². The highest BCUT2D eigenvalue weighted by molar-refractivity contribution is 7.90. The Labute approximate surface area is 126 Å². The van der Waals surface area contributed by atoms with Crippen molar-refractivity contribution in [3.63, 3.8) is 0 Å². The maximum Gasteiger partial charge on any atom is 0.327 e. The minimum atomic E-state index is -3.82. The number of hydrogen-bond donors (Lipinski definition) is 2. The first-order chi connectivity index (χ1) is 10.1. The zero-order valence-corrected chi connectivity index (χ0v) is 12.4. The predicted octanol–water partition coefficient (Wildman–Crippen LogP) is 0.0989. The van der Waals surface area contributed by atoms with E-state index in [1.807, 2.05) is 5.32 Å². The number of benzene rings is 1. The number of hydrogen-bond acceptors (Lipinski definition) is 6. The smallest absolute Gasteiger partial charge is 0.327 e. The number of carboxylic acid groups (broad SMARTS) is 1. The average molecular weight is 330 g/mol. The van der Waals surface area contributed by atoms with Crippen molar-refractivity contribution in [2.75, 3.05) is 5.75 Å². The summed E-state index contributed by atoms with van der Waals surface area (Å²) in [7, 11) is -3.82. The highest BCUT2D eigenvalue weighted by Gasteiger charge is 2.26. The van der Waals surface area contributed by atoms with E-state index in [4.69, 9.17) is 5.11 Å². The van der Waals surface area contributed by atoms with Crippen LogP contribution in [0.5, 0.6) is 0 Å². The molecule has 0 aromatic heterocycles. The van der Waals surface area contributed by atoms with E-state index < -0.39 is 44.2 Å². The summed E-state index contributed by atoms with van der Waals surface area (Å²) in [5.41, 5.74) is 0.111. The number of carbonyl (C=O) groups is 2. The van der Waals surface area contributed by atoms with Gasteiger partial charge in [0.25, 0.3) is 5.69 Å². The monoisotopic (exact) mass is 330 g/mol. The Morgan fingerprint density at radius 2 is 1.86 bits per heavy atom. The standard InChI is InChI=1S/C12H14N2O7S/c1-8(15)13-11(12(16)17)7-22(20,21)6-9-2-4-10(5-3-9)14(18)19/h2-5,11H,6-7H2,1H3,(H,13,15)(H,16,17)/t11-/m1/s1. The second-order valence-corrected chi connectivity index (χ2v) is 6.68. The number of non-ortho nitro benzene ring substituents is 1. The minimum absolute atomic E-state index is 0.178. The van der Waals surface area contributed by atoms with E-state index in [2.05, 4.69) is 0 Å². The third kappa shape index (κ3) is 5.48. The normalized spacial score (nSPS) is 12.4. The van der Waals surface area contributed by atoms with Crippen LogP contribution in [0.15, 0.2) is 24.3 Å². The maximum absolute atomic E-state index is 12.0. The third-order valence-electron chi connectivity index (χ3n) is 2.63. The van der Waals surface area contributed by atoms with Crippen molar-refractivity contribution >= 4 is 27.4 Å². The van der Waals surface area contributed by atoms with Gasteiger partial charge in [0.15, 0.2) is 9.84 Å². The van der Waals surface area contributed by atoms with Crippen molar-refractivity contribution in [2.24, 2.45) is 0 Å². The fourth-order valence-corrected chi connectivity index (χ4v) is 3.25. The van der Waals surface area contributed by atoms with E-state index in [1.54, 1.807) is 0 Å². The van der Waals surface area contributed by atoms with Gasteiger partial charge in [-0.1, -0.05) is 12.1 Å². The molecular formula is C12H14N2O7S. The Morgan fingerprint density at radius 1 is 1.32 bits per heavy atom. The summed E-state index contributed by atoms with van der Waals surface area (Å²) in [6, 6.07) is 3.34. The van der Waals surface area contributed by atoms with E-state index in [0.29, 0.717) is 0 Å². The molecule has 2 N–H and O–H groups in total. The van der Waals surface area contributed by atoms with Crippen molar-refractivity contribution < 1.29 is 28.0 Å². The molecular weight excluding hydrogens is 316 g/mol. The van der Waals surface area contributed by atoms with E-state index >= 15 is 0 Å². The molecule has 1 amide bonds. The molecule has 1 aromatic rings. The molecule has 120 valence electrons. The first kappa shape index (κ1) is 17.6. The molecule has 0 fully saturated rings. The van der Waals surface area contributed by atoms with Gasteiger partial charge in [0.1, 0.15) is 6.04 Å². The number of carbonyl (C=O) groups excluding carboxylic acids is 1. The quantitative estimate of drug-likeness (QED) is 0.533. The largest absolute Gasteiger partial charge is 0.480 e. The molecule has 1 aromatic carbocycles. The number of amides is 1. The lowest BCUT2D eigenvalue weighted by atomic mass is 10.2. The van der Waals surface area contributed by atoms with Crippen LogP contribution in [0.4, 0.5) is 5.69 Å². The molecule has 0 spiro atoms. The van der Waals surface area contributed by atoms with Crippen LogP contribution in [0.25, 0.3) is 0 Å². The topological polar surface area (TPSA) is 144 Å². The minimum Gasteiger partial charge on any atom is -0.480 e. The molecule has 0 saturated heterocycles. The van der Waals surface area contributed by atoms with E-state index in [-0.39, 0.29) is 11.3 Å². The van der Waals surface area contributed by atoms with Crippen LogP contribution in [0, 0.1) is 10.1 Å². The third-order valence-corrected chi connectivity index (χ3v) is 4.24. The summed E-state index contributed by atoms with van der Waals surface area (Å²) in [6.45, 7) is 1.08. The number of carboxylic acids is 1. The molecule has 1 rings (SSSR count). The zero-order valence-electron chi connectivity index (χ0n) is 11.6. The molecule has 0 bridgehead atoms. The van der Waals surface area contributed by atoms with Gasteiger partial charge in [0, 0.05) is 19.1 Å². The van der Waals surface area contributed by atoms with Crippen molar-refractivity contribution in [3.05, 3.63) is 39.9 Å². The molecule has 1 atom stereocenters. The molecule has 10 heteroatoms. The Hall–Kier alpha value is -2.49. The second kappa shape index (κ2) is 6.98. The number of sulfone groups is 1. The lowest BCUT2D eigenvalue weighted by Crippen LogP contribution is -2.44. The van der Waals surface area contributed by atoms with Crippen LogP contribution < -0.4 is 5.32 Å². The molecule has 0 aliphatic heterocycles. The summed E-state index contributed by atoms with van der Waals surface area (Å²) in [6.07, 6.45) is 0. The van der Waals surface area contributed by atoms with Gasteiger partial charge in [-0.25, -0.2) is 13.2 Å². The predicted molar refractivity (Wildman–Crippen MR) is 75.8 cm³/mol. The maximum atomic E-state index is 12.0. The van der Waals surface area contributed by atoms with Gasteiger partial charge in [-0.15, -0.1) is 0 Å². The number of nitro groups is 1. The van der Waals surface area contributed by atoms with Crippen molar-refractivity contribution in [1.29, 1.82) is 0 Å². The van der Waals surface area contributed by atoms with Crippen LogP contribution in [-0.4, -0.2) is 42.1 Å². The Morgan fingerprint density at radius 3 is 2.27 bits per heavy atom. The van der Waals surface area contributed by atoms with Crippen molar-refractivity contribution in [2.45, 2.75) is 18.7 Å². The van der Waals surface area contributed by atoms with E-state index in [1.165, 1.54) is 12.1 Å². The van der Waals surface area contributed by atoms with Gasteiger partial charge in [-0.05, 0) is 5.56 Å². The van der Waals surface area contributed by atoms with E-state index in [9.17, 15) is 28.1 Å². The first-order valence-electron chi connectivity index (χ1n) is 6.04. The number of nitro benzene ring substituents is 1. The zero-order chi connectivity index (χ0) is 16.9. The number of aliphatic carboxylic acids is 1. The molecule has 0 radical (unpaired) electrons. The van der Waals surface area contributed by atoms with Gasteiger partial charge in [0.2, 0.25) is 5.91 Å². The summed E-state index contributed by atoms with van der Waals surface area (Å²) in [4.78, 5) is 31.7. The fourth-order valence-electron chi connectivity index (χ4n) is 1.70. The second-order valence-electron chi connectivity index (χ2n) is 4.57. The summed E-state index contributed by atoms with van der Waals surface area (Å²) in [5.74, 6) is -3.35. The van der Waals surface area contributed by atoms with Gasteiger partial charge in [-0.2, -0.15) is 0 Å². The van der Waals surface area contributed by atoms with Gasteiger partial charge in [-0.3, -0.25) is 14.9 Å². The molecule has 22 heavy (non-hydrogen) atoms. The van der Waals surface area contributed by atoms with Crippen LogP contribution in [0.3, 0.4) is 0 Å². The van der Waals surface area contributed by atoms with Gasteiger partial charge in [0.05, 0.1) is 16.4 Å². The van der Waals surface area contributed by atoms with Crippen molar-refractivity contribution in [3.8, 4) is 0 Å². The highest BCUT2D eigenvalue weighted by atomic mass is 32.2. The van der Waals surface area contributed by atoms with Gasteiger partial charge >= 0.3 is 5.97 Å². The molecule has 9 nitrogen and oxygen atoms in total. The molecule has 0 heterocycles. The number of nitrogens with one attached hydrogen (secondary N) is 1.